The molecule has 1 atom stereocenters. The number of hydrogen-bond donors (Lipinski definition) is 1. The van der Waals surface area contributed by atoms with Crippen LogP contribution in [0.5, 0.6) is 0 Å². The lowest BCUT2D eigenvalue weighted by Gasteiger charge is -2.18. The number of thioether (sulfide) groups is 2. The van der Waals surface area contributed by atoms with Gasteiger partial charge in [0.05, 0.1) is 10.9 Å². The van der Waals surface area contributed by atoms with Gasteiger partial charge < -0.3 is 5.73 Å². The fraction of sp³-hybridized carbons (Fsp3) is 0.700. The Balaban J connectivity index is 2.10. The fourth-order valence-electron chi connectivity index (χ4n) is 1.58. The Labute approximate surface area is 103 Å². The highest BCUT2D eigenvalue weighted by Gasteiger charge is 2.20. The van der Waals surface area contributed by atoms with Crippen molar-refractivity contribution < 1.29 is 0 Å². The van der Waals surface area contributed by atoms with E-state index >= 15 is 0 Å². The van der Waals surface area contributed by atoms with Gasteiger partial charge >= 0.3 is 0 Å². The Bertz CT molecular complexity index is 318. The van der Waals surface area contributed by atoms with E-state index in [0.717, 1.165) is 13.0 Å². The van der Waals surface area contributed by atoms with Crippen LogP contribution in [0.2, 0.25) is 0 Å². The van der Waals surface area contributed by atoms with Crippen LogP contribution in [0.25, 0.3) is 0 Å². The van der Waals surface area contributed by atoms with E-state index in [9.17, 15) is 0 Å². The maximum absolute atomic E-state index is 5.59. The molecule has 0 aromatic carbocycles. The average Bonchev–Trinajstić information content (AvgIpc) is 2.63. The van der Waals surface area contributed by atoms with Crippen molar-refractivity contribution in [3.05, 3.63) is 15.6 Å². The average molecular weight is 260 g/mol. The standard InChI is InChI=1S/C10H16N2S3/c1-7-8(2-3-11)15-10(12-7)9-6-13-4-5-14-9/h9H,2-6,11H2,1H3. The third kappa shape index (κ3) is 2.90. The van der Waals surface area contributed by atoms with Crippen molar-refractivity contribution in [2.75, 3.05) is 23.8 Å². The van der Waals surface area contributed by atoms with Crippen LogP contribution < -0.4 is 5.73 Å². The lowest BCUT2D eigenvalue weighted by atomic mass is 10.3. The van der Waals surface area contributed by atoms with Crippen molar-refractivity contribution in [3.8, 4) is 0 Å². The predicted octanol–water partition coefficient (Wildman–Crippen LogP) is 2.47. The van der Waals surface area contributed by atoms with E-state index in [0.29, 0.717) is 5.25 Å². The number of thiazole rings is 1. The number of aromatic nitrogens is 1. The van der Waals surface area contributed by atoms with Crippen LogP contribution in [0.15, 0.2) is 0 Å². The van der Waals surface area contributed by atoms with Crippen LogP contribution in [0.4, 0.5) is 0 Å². The second kappa shape index (κ2) is 5.57. The van der Waals surface area contributed by atoms with Gasteiger partial charge in [-0.05, 0) is 19.9 Å². The molecule has 2 nitrogen and oxygen atoms in total. The molecule has 1 saturated heterocycles. The zero-order valence-electron chi connectivity index (χ0n) is 8.86. The summed E-state index contributed by atoms with van der Waals surface area (Å²) in [6, 6.07) is 0. The first-order chi connectivity index (χ1) is 7.31. The number of aryl methyl sites for hydroxylation is 1. The molecule has 1 aliphatic rings. The smallest absolute Gasteiger partial charge is 0.107 e. The molecule has 2 N–H and O–H groups in total. The van der Waals surface area contributed by atoms with Gasteiger partial charge in [-0.15, -0.1) is 23.1 Å². The van der Waals surface area contributed by atoms with Gasteiger partial charge in [0.25, 0.3) is 0 Å². The monoisotopic (exact) mass is 260 g/mol. The molecule has 0 spiro atoms. The van der Waals surface area contributed by atoms with Crippen LogP contribution in [0, 0.1) is 6.92 Å². The number of nitrogens with zero attached hydrogens (tertiary/aromatic N) is 1. The van der Waals surface area contributed by atoms with Crippen molar-refractivity contribution in [2.24, 2.45) is 5.73 Å². The molecule has 2 rings (SSSR count). The molecule has 1 unspecified atom stereocenters. The molecule has 84 valence electrons. The summed E-state index contributed by atoms with van der Waals surface area (Å²) in [5.74, 6) is 3.78. The Morgan fingerprint density at radius 3 is 3.00 bits per heavy atom. The van der Waals surface area contributed by atoms with Gasteiger partial charge in [0.2, 0.25) is 0 Å². The Hall–Kier alpha value is 0.290. The second-order valence-corrected chi connectivity index (χ2v) is 7.11. The summed E-state index contributed by atoms with van der Waals surface area (Å²) in [6.07, 6.45) is 0.980. The summed E-state index contributed by atoms with van der Waals surface area (Å²) in [4.78, 5) is 6.06. The zero-order chi connectivity index (χ0) is 10.7. The van der Waals surface area contributed by atoms with E-state index < -0.39 is 0 Å². The molecule has 15 heavy (non-hydrogen) atoms. The van der Waals surface area contributed by atoms with E-state index in [4.69, 9.17) is 5.73 Å². The largest absolute Gasteiger partial charge is 0.330 e. The van der Waals surface area contributed by atoms with E-state index in [1.54, 1.807) is 0 Å². The summed E-state index contributed by atoms with van der Waals surface area (Å²) in [6.45, 7) is 2.83. The Morgan fingerprint density at radius 2 is 2.33 bits per heavy atom. The predicted molar refractivity (Wildman–Crippen MR) is 72.1 cm³/mol. The van der Waals surface area contributed by atoms with Gasteiger partial charge in [0.15, 0.2) is 0 Å². The molecule has 1 aromatic rings. The third-order valence-corrected chi connectivity index (χ3v) is 6.62. The molecular weight excluding hydrogens is 244 g/mol. The molecule has 0 bridgehead atoms. The van der Waals surface area contributed by atoms with E-state index in [1.807, 2.05) is 23.1 Å². The number of rotatable bonds is 3. The maximum Gasteiger partial charge on any atom is 0.107 e. The minimum absolute atomic E-state index is 0.624. The molecule has 0 saturated carbocycles. The lowest BCUT2D eigenvalue weighted by Crippen LogP contribution is -2.05. The summed E-state index contributed by atoms with van der Waals surface area (Å²) >= 11 is 5.97. The quantitative estimate of drug-likeness (QED) is 0.906. The van der Waals surface area contributed by atoms with Gasteiger partial charge in [0, 0.05) is 22.1 Å². The fourth-order valence-corrected chi connectivity index (χ4v) is 5.65. The van der Waals surface area contributed by atoms with Crippen molar-refractivity contribution in [1.29, 1.82) is 0 Å². The van der Waals surface area contributed by atoms with Gasteiger partial charge in [0.1, 0.15) is 5.01 Å². The number of hydrogen-bond acceptors (Lipinski definition) is 5. The highest BCUT2D eigenvalue weighted by atomic mass is 32.2. The molecule has 1 aliphatic heterocycles. The highest BCUT2D eigenvalue weighted by molar-refractivity contribution is 8.06. The maximum atomic E-state index is 5.59. The molecule has 1 aromatic heterocycles. The van der Waals surface area contributed by atoms with Crippen molar-refractivity contribution in [1.82, 2.24) is 4.98 Å². The number of nitrogens with two attached hydrogens (primary N) is 1. The SMILES string of the molecule is Cc1nc(C2CSCCS2)sc1CCN. The van der Waals surface area contributed by atoms with Gasteiger partial charge in [-0.2, -0.15) is 11.8 Å². The van der Waals surface area contributed by atoms with Crippen LogP contribution in [-0.2, 0) is 6.42 Å². The highest BCUT2D eigenvalue weighted by Crippen LogP contribution is 2.39. The Kier molecular flexibility index (Phi) is 4.37. The topological polar surface area (TPSA) is 38.9 Å². The lowest BCUT2D eigenvalue weighted by molar-refractivity contribution is 0.963. The van der Waals surface area contributed by atoms with Crippen molar-refractivity contribution in [2.45, 2.75) is 18.6 Å². The minimum Gasteiger partial charge on any atom is -0.330 e. The second-order valence-electron chi connectivity index (χ2n) is 3.53. The van der Waals surface area contributed by atoms with Gasteiger partial charge in [-0.25, -0.2) is 4.98 Å². The van der Waals surface area contributed by atoms with E-state index in [2.05, 4.69) is 23.7 Å². The first-order valence-electron chi connectivity index (χ1n) is 5.17. The van der Waals surface area contributed by atoms with E-state index in [1.165, 1.54) is 32.8 Å². The molecular formula is C10H16N2S3. The summed E-state index contributed by atoms with van der Waals surface area (Å²) in [7, 11) is 0. The summed E-state index contributed by atoms with van der Waals surface area (Å²) < 4.78 is 0. The molecule has 0 amide bonds. The van der Waals surface area contributed by atoms with Crippen LogP contribution in [-0.4, -0.2) is 28.8 Å². The zero-order valence-corrected chi connectivity index (χ0v) is 11.3. The molecule has 0 aliphatic carbocycles. The van der Waals surface area contributed by atoms with Gasteiger partial charge in [-0.3, -0.25) is 0 Å². The summed E-state index contributed by atoms with van der Waals surface area (Å²) in [5, 5.41) is 1.94. The van der Waals surface area contributed by atoms with Crippen molar-refractivity contribution in [3.63, 3.8) is 0 Å². The first kappa shape index (κ1) is 11.8. The van der Waals surface area contributed by atoms with Crippen LogP contribution in [0.3, 0.4) is 0 Å². The third-order valence-electron chi connectivity index (χ3n) is 2.37. The minimum atomic E-state index is 0.624. The van der Waals surface area contributed by atoms with Crippen LogP contribution >= 0.6 is 34.9 Å². The first-order valence-corrected chi connectivity index (χ1v) is 8.19. The van der Waals surface area contributed by atoms with Gasteiger partial charge in [-0.1, -0.05) is 0 Å². The summed E-state index contributed by atoms with van der Waals surface area (Å²) in [5.41, 5.74) is 6.78. The normalized spacial score (nSPS) is 21.9. The van der Waals surface area contributed by atoms with E-state index in [-0.39, 0.29) is 0 Å². The van der Waals surface area contributed by atoms with Crippen LogP contribution in [0.1, 0.15) is 20.8 Å². The van der Waals surface area contributed by atoms with Crippen molar-refractivity contribution >= 4 is 34.9 Å². The molecule has 2 heterocycles. The molecule has 5 heteroatoms. The molecule has 0 radical (unpaired) electrons. The Morgan fingerprint density at radius 1 is 1.47 bits per heavy atom. The molecule has 1 fully saturated rings.